The van der Waals surface area contributed by atoms with Crippen molar-refractivity contribution in [2.45, 2.75) is 51.1 Å². The summed E-state index contributed by atoms with van der Waals surface area (Å²) in [7, 11) is 2.00. The van der Waals surface area contributed by atoms with Gasteiger partial charge in [0, 0.05) is 19.1 Å². The average molecular weight is 271 g/mol. The van der Waals surface area contributed by atoms with E-state index in [2.05, 4.69) is 29.4 Å². The first kappa shape index (κ1) is 15.8. The van der Waals surface area contributed by atoms with Gasteiger partial charge in [0.25, 0.3) is 0 Å². The lowest BCUT2D eigenvalue weighted by Crippen LogP contribution is -2.57. The third-order valence-corrected chi connectivity index (χ3v) is 3.81. The van der Waals surface area contributed by atoms with Gasteiger partial charge in [-0.3, -0.25) is 4.79 Å². The number of hydrogen-bond donors (Lipinski definition) is 3. The molecule has 2 amide bonds. The van der Waals surface area contributed by atoms with Crippen LogP contribution < -0.4 is 10.6 Å². The lowest BCUT2D eigenvalue weighted by molar-refractivity contribution is -0.139. The van der Waals surface area contributed by atoms with Crippen LogP contribution in [0, 0.1) is 0 Å². The van der Waals surface area contributed by atoms with E-state index in [0.717, 1.165) is 25.8 Å². The Kier molecular flexibility index (Phi) is 5.60. The molecule has 3 N–H and O–H groups in total. The molecule has 0 saturated heterocycles. The number of carboxylic acid groups (broad SMARTS) is 1. The fraction of sp³-hybridized carbons (Fsp3) is 0.846. The lowest BCUT2D eigenvalue weighted by Gasteiger charge is -2.41. The molecular weight excluding hydrogens is 246 g/mol. The van der Waals surface area contributed by atoms with Crippen molar-refractivity contribution in [3.63, 3.8) is 0 Å². The van der Waals surface area contributed by atoms with Gasteiger partial charge in [0.2, 0.25) is 0 Å². The summed E-state index contributed by atoms with van der Waals surface area (Å²) in [6.07, 6.45) is 2.48. The molecule has 1 fully saturated rings. The van der Waals surface area contributed by atoms with Crippen LogP contribution in [-0.4, -0.2) is 53.7 Å². The van der Waals surface area contributed by atoms with Crippen molar-refractivity contribution in [1.82, 2.24) is 15.5 Å². The predicted octanol–water partition coefficient (Wildman–Crippen LogP) is 1.02. The molecule has 1 rings (SSSR count). The number of nitrogens with zero attached hydrogens (tertiary/aromatic N) is 1. The van der Waals surface area contributed by atoms with Crippen LogP contribution >= 0.6 is 0 Å². The Morgan fingerprint density at radius 2 is 2.00 bits per heavy atom. The molecule has 0 atom stereocenters. The Morgan fingerprint density at radius 1 is 1.37 bits per heavy atom. The zero-order chi connectivity index (χ0) is 14.5. The first-order valence-electron chi connectivity index (χ1n) is 6.83. The number of amides is 2. The summed E-state index contributed by atoms with van der Waals surface area (Å²) < 4.78 is 0. The van der Waals surface area contributed by atoms with Gasteiger partial charge >= 0.3 is 12.0 Å². The van der Waals surface area contributed by atoms with E-state index in [1.807, 2.05) is 7.05 Å². The second kappa shape index (κ2) is 6.75. The lowest BCUT2D eigenvalue weighted by atomic mass is 9.74. The van der Waals surface area contributed by atoms with Crippen molar-refractivity contribution in [2.24, 2.45) is 0 Å². The van der Waals surface area contributed by atoms with Gasteiger partial charge in [0.1, 0.15) is 0 Å². The van der Waals surface area contributed by atoms with Gasteiger partial charge in [0.15, 0.2) is 0 Å². The Labute approximate surface area is 114 Å². The summed E-state index contributed by atoms with van der Waals surface area (Å²) in [4.78, 5) is 24.7. The number of rotatable bonds is 7. The van der Waals surface area contributed by atoms with Gasteiger partial charge in [-0.05, 0) is 40.2 Å². The highest BCUT2D eigenvalue weighted by atomic mass is 16.4. The zero-order valence-corrected chi connectivity index (χ0v) is 12.0. The second-order valence-electron chi connectivity index (χ2n) is 5.66. The predicted molar refractivity (Wildman–Crippen MR) is 73.1 cm³/mol. The number of carbonyl (C=O) groups is 2. The second-order valence-corrected chi connectivity index (χ2v) is 5.66. The van der Waals surface area contributed by atoms with Crippen LogP contribution in [0.25, 0.3) is 0 Å². The third kappa shape index (κ3) is 5.06. The first-order valence-corrected chi connectivity index (χ1v) is 6.83. The molecule has 0 aromatic carbocycles. The molecule has 0 aliphatic heterocycles. The van der Waals surface area contributed by atoms with Gasteiger partial charge in [-0.25, -0.2) is 4.79 Å². The minimum absolute atomic E-state index is 0.00627. The maximum absolute atomic E-state index is 11.8. The first-order chi connectivity index (χ1) is 8.84. The molecule has 6 nitrogen and oxygen atoms in total. The SMILES string of the molecule is CC(C)N(C)CCNC(=O)NC1(CC(=O)O)CCC1. The fourth-order valence-electron chi connectivity index (χ4n) is 2.13. The van der Waals surface area contributed by atoms with Crippen molar-refractivity contribution in [3.05, 3.63) is 0 Å². The number of likely N-dealkylation sites (N-methyl/N-ethyl adjacent to an activating group) is 1. The molecule has 0 unspecified atom stereocenters. The van der Waals surface area contributed by atoms with E-state index in [1.54, 1.807) is 0 Å². The number of carbonyl (C=O) groups excluding carboxylic acids is 1. The van der Waals surface area contributed by atoms with E-state index in [4.69, 9.17) is 5.11 Å². The molecule has 19 heavy (non-hydrogen) atoms. The highest BCUT2D eigenvalue weighted by Crippen LogP contribution is 2.34. The van der Waals surface area contributed by atoms with Crippen LogP contribution in [0.4, 0.5) is 4.79 Å². The zero-order valence-electron chi connectivity index (χ0n) is 12.0. The van der Waals surface area contributed by atoms with Crippen LogP contribution in [0.3, 0.4) is 0 Å². The summed E-state index contributed by atoms with van der Waals surface area (Å²) in [6, 6.07) is 0.174. The molecule has 0 spiro atoms. The van der Waals surface area contributed by atoms with Gasteiger partial charge < -0.3 is 20.6 Å². The molecule has 1 aliphatic carbocycles. The Hall–Kier alpha value is -1.30. The van der Waals surface area contributed by atoms with E-state index in [-0.39, 0.29) is 12.5 Å². The number of nitrogens with one attached hydrogen (secondary N) is 2. The van der Waals surface area contributed by atoms with Crippen molar-refractivity contribution < 1.29 is 14.7 Å². The van der Waals surface area contributed by atoms with Crippen LogP contribution in [-0.2, 0) is 4.79 Å². The van der Waals surface area contributed by atoms with Crippen molar-refractivity contribution in [2.75, 3.05) is 20.1 Å². The highest BCUT2D eigenvalue weighted by molar-refractivity contribution is 5.77. The van der Waals surface area contributed by atoms with E-state index >= 15 is 0 Å². The van der Waals surface area contributed by atoms with Crippen LogP contribution in [0.2, 0.25) is 0 Å². The highest BCUT2D eigenvalue weighted by Gasteiger charge is 2.40. The topological polar surface area (TPSA) is 81.7 Å². The molecule has 0 aromatic heterocycles. The summed E-state index contributed by atoms with van der Waals surface area (Å²) in [5.74, 6) is -0.862. The number of aliphatic carboxylic acids is 1. The molecule has 1 saturated carbocycles. The molecule has 0 radical (unpaired) electrons. The molecule has 110 valence electrons. The third-order valence-electron chi connectivity index (χ3n) is 3.81. The van der Waals surface area contributed by atoms with Gasteiger partial charge in [-0.2, -0.15) is 0 Å². The van der Waals surface area contributed by atoms with Crippen molar-refractivity contribution >= 4 is 12.0 Å². The molecular formula is C13H25N3O3. The average Bonchev–Trinajstić information content (AvgIpc) is 2.25. The molecule has 0 aromatic rings. The largest absolute Gasteiger partial charge is 0.481 e. The van der Waals surface area contributed by atoms with Gasteiger partial charge in [0.05, 0.1) is 12.0 Å². The number of urea groups is 1. The molecule has 1 aliphatic rings. The summed E-state index contributed by atoms with van der Waals surface area (Å²) in [5, 5.41) is 14.5. The van der Waals surface area contributed by atoms with E-state index in [9.17, 15) is 9.59 Å². The van der Waals surface area contributed by atoms with Crippen molar-refractivity contribution in [3.8, 4) is 0 Å². The maximum Gasteiger partial charge on any atom is 0.315 e. The van der Waals surface area contributed by atoms with Crippen LogP contribution in [0.15, 0.2) is 0 Å². The summed E-state index contributed by atoms with van der Waals surface area (Å²) in [6.45, 7) is 5.52. The van der Waals surface area contributed by atoms with E-state index < -0.39 is 11.5 Å². The summed E-state index contributed by atoms with van der Waals surface area (Å²) in [5.41, 5.74) is -0.528. The van der Waals surface area contributed by atoms with E-state index in [1.165, 1.54) is 0 Å². The number of carboxylic acids is 1. The maximum atomic E-state index is 11.8. The Morgan fingerprint density at radius 3 is 2.42 bits per heavy atom. The van der Waals surface area contributed by atoms with Gasteiger partial charge in [-0.15, -0.1) is 0 Å². The minimum atomic E-state index is -0.862. The smallest absolute Gasteiger partial charge is 0.315 e. The quantitative estimate of drug-likeness (QED) is 0.646. The molecule has 6 heteroatoms. The molecule has 0 bridgehead atoms. The molecule has 0 heterocycles. The fourth-order valence-corrected chi connectivity index (χ4v) is 2.13. The number of hydrogen-bond acceptors (Lipinski definition) is 3. The summed E-state index contributed by atoms with van der Waals surface area (Å²) >= 11 is 0. The van der Waals surface area contributed by atoms with Crippen molar-refractivity contribution in [1.29, 1.82) is 0 Å². The normalized spacial score (nSPS) is 17.1. The van der Waals surface area contributed by atoms with E-state index in [0.29, 0.717) is 12.6 Å². The van der Waals surface area contributed by atoms with Crippen LogP contribution in [0.5, 0.6) is 0 Å². The Bertz CT molecular complexity index is 327. The van der Waals surface area contributed by atoms with Crippen LogP contribution in [0.1, 0.15) is 39.5 Å². The Balaban J connectivity index is 2.28. The standard InChI is InChI=1S/C13H25N3O3/c1-10(2)16(3)8-7-14-12(19)15-13(5-4-6-13)9-11(17)18/h10H,4-9H2,1-3H3,(H,17,18)(H2,14,15,19). The minimum Gasteiger partial charge on any atom is -0.481 e. The monoisotopic (exact) mass is 271 g/mol. The van der Waals surface area contributed by atoms with Gasteiger partial charge in [-0.1, -0.05) is 0 Å².